The van der Waals surface area contributed by atoms with Crippen molar-refractivity contribution in [3.05, 3.63) is 15.8 Å². The molecule has 5 nitrogen and oxygen atoms in total. The minimum Gasteiger partial charge on any atom is -0.477 e. The number of hydrogen-bond donors (Lipinski definition) is 2. The number of thiophene rings is 1. The van der Waals surface area contributed by atoms with Crippen LogP contribution in [0.5, 0.6) is 0 Å². The first-order valence-electron chi connectivity index (χ1n) is 5.56. The van der Waals surface area contributed by atoms with E-state index in [1.165, 1.54) is 0 Å². The Kier molecular flexibility index (Phi) is 4.89. The maximum absolute atomic E-state index is 12.1. The van der Waals surface area contributed by atoms with Crippen LogP contribution in [0.3, 0.4) is 0 Å². The Labute approximate surface area is 111 Å². The normalized spacial score (nSPS) is 12.0. The first kappa shape index (κ1) is 15.1. The highest BCUT2D eigenvalue weighted by Crippen LogP contribution is 2.26. The molecule has 102 valence electrons. The van der Waals surface area contributed by atoms with Gasteiger partial charge in [0, 0.05) is 6.54 Å². The quantitative estimate of drug-likeness (QED) is 0.840. The van der Waals surface area contributed by atoms with Gasteiger partial charge in [0.2, 0.25) is 10.0 Å². The second-order valence-electron chi connectivity index (χ2n) is 4.46. The molecule has 0 aromatic carbocycles. The number of carbonyl (C=O) groups is 1. The molecule has 1 heterocycles. The van der Waals surface area contributed by atoms with E-state index in [4.69, 9.17) is 5.11 Å². The van der Waals surface area contributed by atoms with Gasteiger partial charge in [-0.2, -0.15) is 0 Å². The second kappa shape index (κ2) is 5.81. The van der Waals surface area contributed by atoms with Crippen molar-refractivity contribution in [2.45, 2.75) is 32.1 Å². The zero-order valence-corrected chi connectivity index (χ0v) is 12.2. The Bertz CT molecular complexity index is 531. The van der Waals surface area contributed by atoms with Crippen molar-refractivity contribution in [3.63, 3.8) is 0 Å². The molecule has 2 N–H and O–H groups in total. The monoisotopic (exact) mass is 291 g/mol. The molecule has 0 fully saturated rings. The van der Waals surface area contributed by atoms with E-state index in [0.29, 0.717) is 24.4 Å². The molecule has 0 saturated carbocycles. The molecule has 0 radical (unpaired) electrons. The summed E-state index contributed by atoms with van der Waals surface area (Å²) in [6, 6.07) is 0. The highest BCUT2D eigenvalue weighted by Gasteiger charge is 2.26. The van der Waals surface area contributed by atoms with Crippen LogP contribution in [0, 0.1) is 12.8 Å². The first-order valence-corrected chi connectivity index (χ1v) is 7.93. The van der Waals surface area contributed by atoms with Crippen LogP contribution in [0.1, 0.15) is 35.5 Å². The maximum atomic E-state index is 12.1. The summed E-state index contributed by atoms with van der Waals surface area (Å²) in [7, 11) is -3.74. The highest BCUT2D eigenvalue weighted by atomic mass is 32.2. The summed E-state index contributed by atoms with van der Waals surface area (Å²) in [5.74, 6) is -0.826. The molecule has 0 bridgehead atoms. The van der Waals surface area contributed by atoms with Gasteiger partial charge in [-0.15, -0.1) is 11.3 Å². The van der Waals surface area contributed by atoms with Crippen molar-refractivity contribution in [2.75, 3.05) is 6.54 Å². The summed E-state index contributed by atoms with van der Waals surface area (Å²) in [6.07, 6.45) is 0.713. The van der Waals surface area contributed by atoms with Crippen molar-refractivity contribution in [1.29, 1.82) is 0 Å². The smallest absolute Gasteiger partial charge is 0.347 e. The van der Waals surface area contributed by atoms with E-state index in [2.05, 4.69) is 4.72 Å². The molecular formula is C11H17NO4S2. The van der Waals surface area contributed by atoms with Crippen LogP contribution in [-0.4, -0.2) is 26.0 Å². The fourth-order valence-corrected chi connectivity index (χ4v) is 4.14. The van der Waals surface area contributed by atoms with E-state index in [0.717, 1.165) is 11.3 Å². The molecule has 18 heavy (non-hydrogen) atoms. The van der Waals surface area contributed by atoms with Gasteiger partial charge in [0.1, 0.15) is 9.77 Å². The fraction of sp³-hybridized carbons (Fsp3) is 0.545. The maximum Gasteiger partial charge on any atom is 0.347 e. The summed E-state index contributed by atoms with van der Waals surface area (Å²) >= 11 is 0.932. The standard InChI is InChI=1S/C11H17NO4S2/c1-7(2)4-5-12-18(15,16)10-8(3)6-17-9(10)11(13)14/h6-7,12H,4-5H2,1-3H3,(H,13,14). The van der Waals surface area contributed by atoms with Gasteiger partial charge in [-0.25, -0.2) is 17.9 Å². The third-order valence-electron chi connectivity index (χ3n) is 2.39. The Balaban J connectivity index is 2.98. The van der Waals surface area contributed by atoms with Crippen LogP contribution in [0.15, 0.2) is 10.3 Å². The summed E-state index contributed by atoms with van der Waals surface area (Å²) in [4.78, 5) is 10.7. The molecule has 0 spiro atoms. The van der Waals surface area contributed by atoms with Gasteiger partial charge < -0.3 is 5.11 Å². The third-order valence-corrected chi connectivity index (χ3v) is 5.26. The fourth-order valence-electron chi connectivity index (χ4n) is 1.47. The molecule has 0 unspecified atom stereocenters. The molecule has 0 aliphatic carbocycles. The SMILES string of the molecule is Cc1csc(C(=O)O)c1S(=O)(=O)NCCC(C)C. The van der Waals surface area contributed by atoms with Crippen molar-refractivity contribution < 1.29 is 18.3 Å². The first-order chi connectivity index (χ1) is 8.25. The zero-order valence-electron chi connectivity index (χ0n) is 10.6. The van der Waals surface area contributed by atoms with Gasteiger partial charge in [-0.3, -0.25) is 0 Å². The molecule has 0 aliphatic rings. The molecule has 0 amide bonds. The minimum absolute atomic E-state index is 0.108. The lowest BCUT2D eigenvalue weighted by Crippen LogP contribution is -2.27. The zero-order chi connectivity index (χ0) is 13.9. The van der Waals surface area contributed by atoms with E-state index in [-0.39, 0.29) is 9.77 Å². The summed E-state index contributed by atoms with van der Waals surface area (Å²) in [5, 5.41) is 10.5. The largest absolute Gasteiger partial charge is 0.477 e. The number of hydrogen-bond acceptors (Lipinski definition) is 4. The third kappa shape index (κ3) is 3.54. The molecule has 0 atom stereocenters. The van der Waals surface area contributed by atoms with Gasteiger partial charge >= 0.3 is 5.97 Å². The van der Waals surface area contributed by atoms with Gasteiger partial charge in [-0.05, 0) is 30.2 Å². The Morgan fingerprint density at radius 2 is 2.11 bits per heavy atom. The van der Waals surface area contributed by atoms with E-state index < -0.39 is 16.0 Å². The molecular weight excluding hydrogens is 274 g/mol. The molecule has 0 aliphatic heterocycles. The van der Waals surface area contributed by atoms with Gasteiger partial charge in [0.05, 0.1) is 0 Å². The van der Waals surface area contributed by atoms with Crippen LogP contribution in [0.4, 0.5) is 0 Å². The van der Waals surface area contributed by atoms with E-state index in [1.54, 1.807) is 12.3 Å². The van der Waals surface area contributed by atoms with Crippen molar-refractivity contribution in [3.8, 4) is 0 Å². The highest BCUT2D eigenvalue weighted by molar-refractivity contribution is 7.89. The van der Waals surface area contributed by atoms with Crippen LogP contribution in [0.2, 0.25) is 0 Å². The Morgan fingerprint density at radius 3 is 2.61 bits per heavy atom. The predicted molar refractivity (Wildman–Crippen MR) is 70.7 cm³/mol. The number of carboxylic acid groups (broad SMARTS) is 1. The van der Waals surface area contributed by atoms with Crippen LogP contribution in [0.25, 0.3) is 0 Å². The van der Waals surface area contributed by atoms with Crippen LogP contribution < -0.4 is 4.72 Å². The average molecular weight is 291 g/mol. The molecule has 1 aromatic rings. The number of sulfonamides is 1. The van der Waals surface area contributed by atoms with E-state index in [1.807, 2.05) is 13.8 Å². The number of rotatable bonds is 6. The van der Waals surface area contributed by atoms with E-state index >= 15 is 0 Å². The molecule has 1 aromatic heterocycles. The van der Waals surface area contributed by atoms with Crippen LogP contribution >= 0.6 is 11.3 Å². The van der Waals surface area contributed by atoms with Crippen molar-refractivity contribution >= 4 is 27.3 Å². The number of carboxylic acids is 1. The molecule has 7 heteroatoms. The predicted octanol–water partition coefficient (Wildman–Crippen LogP) is 2.08. The lowest BCUT2D eigenvalue weighted by Gasteiger charge is -2.09. The van der Waals surface area contributed by atoms with E-state index in [9.17, 15) is 13.2 Å². The summed E-state index contributed by atoms with van der Waals surface area (Å²) in [6.45, 7) is 5.90. The molecule has 0 saturated heterocycles. The van der Waals surface area contributed by atoms with Crippen molar-refractivity contribution in [1.82, 2.24) is 4.72 Å². The minimum atomic E-state index is -3.74. The average Bonchev–Trinajstić information content (AvgIpc) is 2.59. The topological polar surface area (TPSA) is 83.5 Å². The van der Waals surface area contributed by atoms with Gasteiger partial charge in [0.15, 0.2) is 0 Å². The summed E-state index contributed by atoms with van der Waals surface area (Å²) in [5.41, 5.74) is 0.467. The summed E-state index contributed by atoms with van der Waals surface area (Å²) < 4.78 is 26.6. The van der Waals surface area contributed by atoms with Crippen molar-refractivity contribution in [2.24, 2.45) is 5.92 Å². The lowest BCUT2D eigenvalue weighted by molar-refractivity contribution is 0.0698. The Morgan fingerprint density at radius 1 is 1.50 bits per heavy atom. The second-order valence-corrected chi connectivity index (χ2v) is 7.05. The van der Waals surface area contributed by atoms with Gasteiger partial charge in [0.25, 0.3) is 0 Å². The molecule has 1 rings (SSSR count). The Hall–Kier alpha value is -0.920. The van der Waals surface area contributed by atoms with Crippen LogP contribution in [-0.2, 0) is 10.0 Å². The van der Waals surface area contributed by atoms with Gasteiger partial charge in [-0.1, -0.05) is 13.8 Å². The number of aryl methyl sites for hydroxylation is 1. The number of aromatic carboxylic acids is 1. The number of nitrogens with one attached hydrogen (secondary N) is 1. The lowest BCUT2D eigenvalue weighted by atomic mass is 10.1.